The van der Waals surface area contributed by atoms with Crippen LogP contribution in [-0.4, -0.2) is 37.1 Å². The Morgan fingerprint density at radius 1 is 1.15 bits per heavy atom. The average molecular weight is 374 g/mol. The van der Waals surface area contributed by atoms with Gasteiger partial charge in [0.2, 0.25) is 5.91 Å². The van der Waals surface area contributed by atoms with E-state index in [-0.39, 0.29) is 12.0 Å². The Morgan fingerprint density at radius 3 is 2.65 bits per heavy atom. The third-order valence-corrected chi connectivity index (χ3v) is 4.93. The number of hydrogen-bond acceptors (Lipinski definition) is 3. The highest BCUT2D eigenvalue weighted by Gasteiger charge is 2.24. The zero-order chi connectivity index (χ0) is 18.4. The molecule has 0 N–H and O–H groups in total. The smallest absolute Gasteiger partial charge is 0.222 e. The maximum atomic E-state index is 12.5. The van der Waals surface area contributed by atoms with Gasteiger partial charge >= 0.3 is 0 Å². The van der Waals surface area contributed by atoms with E-state index in [0.29, 0.717) is 17.9 Å². The van der Waals surface area contributed by atoms with E-state index in [0.717, 1.165) is 43.0 Å². The average Bonchev–Trinajstić information content (AvgIpc) is 2.67. The number of nitrogens with zero attached hydrogens (tertiary/aromatic N) is 1. The Labute approximate surface area is 159 Å². The van der Waals surface area contributed by atoms with Gasteiger partial charge in [-0.3, -0.25) is 4.79 Å². The molecule has 1 saturated heterocycles. The minimum absolute atomic E-state index is 0.131. The Morgan fingerprint density at radius 2 is 1.92 bits per heavy atom. The summed E-state index contributed by atoms with van der Waals surface area (Å²) in [4.78, 5) is 14.4. The molecule has 5 heteroatoms. The summed E-state index contributed by atoms with van der Waals surface area (Å²) >= 11 is 5.99. The first-order chi connectivity index (χ1) is 12.7. The molecule has 0 spiro atoms. The maximum absolute atomic E-state index is 12.5. The number of methoxy groups -OCH3 is 1. The van der Waals surface area contributed by atoms with Crippen LogP contribution in [0.5, 0.6) is 11.5 Å². The molecule has 1 fully saturated rings. The maximum Gasteiger partial charge on any atom is 0.222 e. The third-order valence-electron chi connectivity index (χ3n) is 4.69. The molecule has 1 amide bonds. The summed E-state index contributed by atoms with van der Waals surface area (Å²) in [5.41, 5.74) is 1.07. The monoisotopic (exact) mass is 373 g/mol. The van der Waals surface area contributed by atoms with Gasteiger partial charge in [0, 0.05) is 37.4 Å². The highest BCUT2D eigenvalue weighted by atomic mass is 35.5. The number of likely N-dealkylation sites (tertiary alicyclic amines) is 1. The van der Waals surface area contributed by atoms with Gasteiger partial charge in [0.1, 0.15) is 17.6 Å². The molecule has 0 bridgehead atoms. The molecule has 1 heterocycles. The highest BCUT2D eigenvalue weighted by molar-refractivity contribution is 6.30. The number of carbonyl (C=O) groups is 1. The van der Waals surface area contributed by atoms with E-state index in [1.165, 1.54) is 0 Å². The normalized spacial score (nSPS) is 14.9. The van der Waals surface area contributed by atoms with Gasteiger partial charge < -0.3 is 14.4 Å². The van der Waals surface area contributed by atoms with Gasteiger partial charge in [-0.1, -0.05) is 35.9 Å². The van der Waals surface area contributed by atoms with Crippen LogP contribution in [0.15, 0.2) is 48.5 Å². The van der Waals surface area contributed by atoms with Crippen LogP contribution < -0.4 is 9.47 Å². The summed E-state index contributed by atoms with van der Waals surface area (Å²) in [7, 11) is 1.66. The van der Waals surface area contributed by atoms with Crippen LogP contribution in [0.4, 0.5) is 0 Å². The largest absolute Gasteiger partial charge is 0.496 e. The number of rotatable bonds is 6. The van der Waals surface area contributed by atoms with Crippen LogP contribution >= 0.6 is 11.6 Å². The van der Waals surface area contributed by atoms with Gasteiger partial charge in [-0.05, 0) is 36.2 Å². The second kappa shape index (κ2) is 8.95. The lowest BCUT2D eigenvalue weighted by molar-refractivity contribution is -0.132. The molecule has 0 atom stereocenters. The van der Waals surface area contributed by atoms with Crippen LogP contribution in [0.25, 0.3) is 0 Å². The molecule has 138 valence electrons. The van der Waals surface area contributed by atoms with E-state index >= 15 is 0 Å². The van der Waals surface area contributed by atoms with Crippen molar-refractivity contribution in [3.8, 4) is 11.5 Å². The van der Waals surface area contributed by atoms with Crippen molar-refractivity contribution in [2.24, 2.45) is 0 Å². The lowest BCUT2D eigenvalue weighted by Gasteiger charge is -2.32. The minimum Gasteiger partial charge on any atom is -0.496 e. The number of amides is 1. The summed E-state index contributed by atoms with van der Waals surface area (Å²) in [6.45, 7) is 1.46. The lowest BCUT2D eigenvalue weighted by atomic mass is 10.0. The van der Waals surface area contributed by atoms with E-state index in [1.807, 2.05) is 53.4 Å². The number of para-hydroxylation sites is 1. The Balaban J connectivity index is 1.46. The Bertz CT molecular complexity index is 742. The molecular formula is C21H24ClNO3. The van der Waals surface area contributed by atoms with Crippen LogP contribution in [-0.2, 0) is 11.2 Å². The second-order valence-corrected chi connectivity index (χ2v) is 6.90. The lowest BCUT2D eigenvalue weighted by Crippen LogP contribution is -2.41. The Kier molecular flexibility index (Phi) is 6.40. The number of benzene rings is 2. The molecule has 4 nitrogen and oxygen atoms in total. The van der Waals surface area contributed by atoms with E-state index in [4.69, 9.17) is 21.1 Å². The fourth-order valence-corrected chi connectivity index (χ4v) is 3.45. The van der Waals surface area contributed by atoms with Crippen molar-refractivity contribution >= 4 is 17.5 Å². The van der Waals surface area contributed by atoms with Crippen LogP contribution in [0, 0.1) is 0 Å². The summed E-state index contributed by atoms with van der Waals surface area (Å²) in [6, 6.07) is 15.3. The SMILES string of the molecule is COc1ccccc1CCC(=O)N1CCC(Oc2cccc(Cl)c2)CC1. The molecule has 1 aliphatic rings. The van der Waals surface area contributed by atoms with Gasteiger partial charge in [0.25, 0.3) is 0 Å². The predicted octanol–water partition coefficient (Wildman–Crippen LogP) is 4.35. The first-order valence-electron chi connectivity index (χ1n) is 8.97. The van der Waals surface area contributed by atoms with Crippen LogP contribution in [0.3, 0.4) is 0 Å². The quantitative estimate of drug-likeness (QED) is 0.755. The van der Waals surface area contributed by atoms with Gasteiger partial charge in [-0.25, -0.2) is 0 Å². The summed E-state index contributed by atoms with van der Waals surface area (Å²) in [5, 5.41) is 0.673. The summed E-state index contributed by atoms with van der Waals surface area (Å²) in [5.74, 6) is 1.82. The van der Waals surface area contributed by atoms with Crippen molar-refractivity contribution in [1.82, 2.24) is 4.90 Å². The van der Waals surface area contributed by atoms with Gasteiger partial charge in [0.05, 0.1) is 7.11 Å². The molecular weight excluding hydrogens is 350 g/mol. The zero-order valence-electron chi connectivity index (χ0n) is 15.0. The van der Waals surface area contributed by atoms with E-state index in [9.17, 15) is 4.79 Å². The Hall–Kier alpha value is -2.20. The molecule has 26 heavy (non-hydrogen) atoms. The number of halogens is 1. The van der Waals surface area contributed by atoms with E-state index in [2.05, 4.69) is 0 Å². The number of piperidine rings is 1. The van der Waals surface area contributed by atoms with Crippen molar-refractivity contribution in [3.05, 3.63) is 59.1 Å². The van der Waals surface area contributed by atoms with E-state index < -0.39 is 0 Å². The van der Waals surface area contributed by atoms with Crippen molar-refractivity contribution in [2.45, 2.75) is 31.8 Å². The molecule has 0 saturated carbocycles. The molecule has 0 aliphatic carbocycles. The predicted molar refractivity (Wildman–Crippen MR) is 103 cm³/mol. The number of ether oxygens (including phenoxy) is 2. The molecule has 1 aliphatic heterocycles. The number of aryl methyl sites for hydroxylation is 1. The number of hydrogen-bond donors (Lipinski definition) is 0. The fraction of sp³-hybridized carbons (Fsp3) is 0.381. The molecule has 0 aromatic heterocycles. The molecule has 0 radical (unpaired) electrons. The molecule has 3 rings (SSSR count). The topological polar surface area (TPSA) is 38.8 Å². The van der Waals surface area contributed by atoms with Gasteiger partial charge in [-0.2, -0.15) is 0 Å². The highest BCUT2D eigenvalue weighted by Crippen LogP contribution is 2.23. The third kappa shape index (κ3) is 4.92. The molecule has 2 aromatic rings. The fourth-order valence-electron chi connectivity index (χ4n) is 3.27. The van der Waals surface area contributed by atoms with Crippen molar-refractivity contribution < 1.29 is 14.3 Å². The van der Waals surface area contributed by atoms with Crippen LogP contribution in [0.2, 0.25) is 5.02 Å². The summed E-state index contributed by atoms with van der Waals surface area (Å²) < 4.78 is 11.3. The van der Waals surface area contributed by atoms with Crippen molar-refractivity contribution in [1.29, 1.82) is 0 Å². The molecule has 2 aromatic carbocycles. The van der Waals surface area contributed by atoms with E-state index in [1.54, 1.807) is 7.11 Å². The van der Waals surface area contributed by atoms with Crippen LogP contribution in [0.1, 0.15) is 24.8 Å². The zero-order valence-corrected chi connectivity index (χ0v) is 15.7. The first kappa shape index (κ1) is 18.6. The van der Waals surface area contributed by atoms with Gasteiger partial charge in [0.15, 0.2) is 0 Å². The standard InChI is InChI=1S/C21H24ClNO3/c1-25-20-8-3-2-5-16(20)9-10-21(24)23-13-11-18(12-14-23)26-19-7-4-6-17(22)15-19/h2-8,15,18H,9-14H2,1H3. The van der Waals surface area contributed by atoms with Crippen molar-refractivity contribution in [3.63, 3.8) is 0 Å². The first-order valence-corrected chi connectivity index (χ1v) is 9.35. The minimum atomic E-state index is 0.131. The van der Waals surface area contributed by atoms with Gasteiger partial charge in [-0.15, -0.1) is 0 Å². The second-order valence-electron chi connectivity index (χ2n) is 6.47. The molecule has 0 unspecified atom stereocenters. The summed E-state index contributed by atoms with van der Waals surface area (Å²) in [6.07, 6.45) is 3.01. The number of carbonyl (C=O) groups excluding carboxylic acids is 1. The van der Waals surface area contributed by atoms with Crippen molar-refractivity contribution in [2.75, 3.05) is 20.2 Å².